The fourth-order valence-corrected chi connectivity index (χ4v) is 2.57. The predicted octanol–water partition coefficient (Wildman–Crippen LogP) is 0.597. The minimum absolute atomic E-state index is 0.0712. The molecule has 0 bridgehead atoms. The van der Waals surface area contributed by atoms with Gasteiger partial charge in [0.1, 0.15) is 23.6 Å². The van der Waals surface area contributed by atoms with Gasteiger partial charge in [0.15, 0.2) is 0 Å². The molecule has 0 N–H and O–H groups in total. The SMILES string of the molecule is Cn1c(C(F)(F)F)cc(=O)n(-c2cc(OCP(=O)([O-])[O-])c(Cl)cc2F)c1=O. The Morgan fingerprint density at radius 1 is 1.22 bits per heavy atom. The highest BCUT2D eigenvalue weighted by molar-refractivity contribution is 7.48. The van der Waals surface area contributed by atoms with Crippen LogP contribution in [0.25, 0.3) is 5.69 Å². The smallest absolute Gasteiger partial charge is 0.431 e. The largest absolute Gasteiger partial charge is 0.808 e. The normalized spacial score (nSPS) is 12.3. The summed E-state index contributed by atoms with van der Waals surface area (Å²) in [4.78, 5) is 45.4. The average molecular weight is 431 g/mol. The van der Waals surface area contributed by atoms with Crippen molar-refractivity contribution < 1.29 is 36.7 Å². The molecule has 0 aliphatic heterocycles. The molecule has 0 aliphatic rings. The van der Waals surface area contributed by atoms with Crippen LogP contribution in [-0.2, 0) is 17.8 Å². The Morgan fingerprint density at radius 2 is 1.81 bits per heavy atom. The van der Waals surface area contributed by atoms with Gasteiger partial charge >= 0.3 is 11.9 Å². The van der Waals surface area contributed by atoms with Crippen LogP contribution < -0.4 is 25.8 Å². The van der Waals surface area contributed by atoms with Gasteiger partial charge in [-0.15, -0.1) is 0 Å². The molecule has 2 aromatic rings. The van der Waals surface area contributed by atoms with Crippen molar-refractivity contribution in [3.05, 3.63) is 55.6 Å². The molecule has 1 aromatic carbocycles. The van der Waals surface area contributed by atoms with Gasteiger partial charge in [-0.25, -0.2) is 13.8 Å². The van der Waals surface area contributed by atoms with E-state index >= 15 is 0 Å². The first kappa shape index (κ1) is 21.2. The van der Waals surface area contributed by atoms with Gasteiger partial charge in [-0.2, -0.15) is 13.2 Å². The van der Waals surface area contributed by atoms with E-state index in [9.17, 15) is 41.5 Å². The second kappa shape index (κ2) is 7.12. The van der Waals surface area contributed by atoms with Crippen LogP contribution in [-0.4, -0.2) is 15.5 Å². The molecule has 0 spiro atoms. The number of hydrogen-bond acceptors (Lipinski definition) is 6. The number of nitrogens with zero attached hydrogens (tertiary/aromatic N) is 2. The molecule has 1 aromatic heterocycles. The highest BCUT2D eigenvalue weighted by atomic mass is 35.5. The van der Waals surface area contributed by atoms with E-state index < -0.39 is 59.3 Å². The molecule has 0 amide bonds. The van der Waals surface area contributed by atoms with Crippen molar-refractivity contribution in [2.24, 2.45) is 7.05 Å². The zero-order valence-electron chi connectivity index (χ0n) is 13.1. The van der Waals surface area contributed by atoms with Crippen LogP contribution in [0.2, 0.25) is 5.02 Å². The van der Waals surface area contributed by atoms with E-state index in [0.29, 0.717) is 12.1 Å². The molecule has 0 fully saturated rings. The Labute approximate surface area is 152 Å². The van der Waals surface area contributed by atoms with Gasteiger partial charge in [0.2, 0.25) is 0 Å². The lowest BCUT2D eigenvalue weighted by atomic mass is 10.2. The minimum Gasteiger partial charge on any atom is -0.808 e. The number of ether oxygens (including phenoxy) is 1. The molecule has 1 heterocycles. The number of benzene rings is 1. The van der Waals surface area contributed by atoms with E-state index in [1.54, 1.807) is 0 Å². The Bertz CT molecular complexity index is 1060. The molecule has 0 saturated carbocycles. The van der Waals surface area contributed by atoms with E-state index in [2.05, 4.69) is 4.74 Å². The number of alkyl halides is 3. The van der Waals surface area contributed by atoms with Crippen molar-refractivity contribution in [2.45, 2.75) is 6.18 Å². The summed E-state index contributed by atoms with van der Waals surface area (Å²) in [5.74, 6) is -1.85. The molecule has 2 rings (SSSR count). The summed E-state index contributed by atoms with van der Waals surface area (Å²) in [6.45, 7) is 0. The molecule has 0 unspecified atom stereocenters. The first-order valence-corrected chi connectivity index (χ1v) is 8.86. The Balaban J connectivity index is 2.69. The Hall–Kier alpha value is -2.14. The highest BCUT2D eigenvalue weighted by Gasteiger charge is 2.35. The van der Waals surface area contributed by atoms with E-state index in [1.165, 1.54) is 0 Å². The van der Waals surface area contributed by atoms with E-state index in [4.69, 9.17) is 11.6 Å². The number of halogens is 5. The number of hydrogen-bond donors (Lipinski definition) is 0. The lowest BCUT2D eigenvalue weighted by Gasteiger charge is -2.29. The third-order valence-corrected chi connectivity index (χ3v) is 3.97. The Morgan fingerprint density at radius 3 is 2.33 bits per heavy atom. The fourth-order valence-electron chi connectivity index (χ4n) is 2.07. The first-order chi connectivity index (χ1) is 12.2. The maximum atomic E-state index is 14.2. The first-order valence-electron chi connectivity index (χ1n) is 6.76. The zero-order valence-corrected chi connectivity index (χ0v) is 14.8. The van der Waals surface area contributed by atoms with Crippen LogP contribution in [0.3, 0.4) is 0 Å². The van der Waals surface area contributed by atoms with Gasteiger partial charge in [0.05, 0.1) is 10.7 Å². The van der Waals surface area contributed by atoms with Crippen LogP contribution in [0, 0.1) is 5.82 Å². The summed E-state index contributed by atoms with van der Waals surface area (Å²) >= 11 is 5.64. The lowest BCUT2D eigenvalue weighted by Crippen LogP contribution is -2.41. The molecule has 0 saturated heterocycles. The van der Waals surface area contributed by atoms with Gasteiger partial charge in [-0.05, 0) is 13.7 Å². The molecule has 0 radical (unpaired) electrons. The van der Waals surface area contributed by atoms with Gasteiger partial charge in [-0.1, -0.05) is 11.6 Å². The summed E-state index contributed by atoms with van der Waals surface area (Å²) in [6, 6.07) is 1.24. The van der Waals surface area contributed by atoms with E-state index in [-0.39, 0.29) is 15.2 Å². The van der Waals surface area contributed by atoms with Gasteiger partial charge in [0.25, 0.3) is 5.56 Å². The second-order valence-electron chi connectivity index (χ2n) is 5.16. The summed E-state index contributed by atoms with van der Waals surface area (Å²) in [5.41, 5.74) is -5.44. The maximum Gasteiger partial charge on any atom is 0.431 e. The standard InChI is InChI=1S/C13H10ClF4N2O6P/c1-19-10(13(16,17)18)4-11(21)20(12(19)22)8-3-9(6(14)2-7(8)15)26-5-27(23,24)25/h2-4H,5H2,1H3,(H2,23,24,25)/p-2. The molecule has 0 atom stereocenters. The molecule has 14 heteroatoms. The zero-order chi connectivity index (χ0) is 20.7. The van der Waals surface area contributed by atoms with Crippen molar-refractivity contribution >= 4 is 19.2 Å². The molecular formula is C13H8ClF4N2O6P-2. The van der Waals surface area contributed by atoms with E-state index in [1.807, 2.05) is 0 Å². The topological polar surface area (TPSA) is 116 Å². The van der Waals surface area contributed by atoms with Crippen molar-refractivity contribution in [3.63, 3.8) is 0 Å². The van der Waals surface area contributed by atoms with Gasteiger partial charge in [-0.3, -0.25) is 9.36 Å². The van der Waals surface area contributed by atoms with Gasteiger partial charge in [0, 0.05) is 19.2 Å². The predicted molar refractivity (Wildman–Crippen MR) is 80.4 cm³/mol. The van der Waals surface area contributed by atoms with Crippen molar-refractivity contribution in [1.82, 2.24) is 9.13 Å². The van der Waals surface area contributed by atoms with E-state index in [0.717, 1.165) is 7.05 Å². The average Bonchev–Trinajstić information content (AvgIpc) is 2.49. The Kier molecular flexibility index (Phi) is 5.58. The van der Waals surface area contributed by atoms with Crippen molar-refractivity contribution in [1.29, 1.82) is 0 Å². The van der Waals surface area contributed by atoms with Crippen LogP contribution in [0.1, 0.15) is 5.69 Å². The molecule has 148 valence electrons. The molecular weight excluding hydrogens is 423 g/mol. The molecule has 0 aliphatic carbocycles. The van der Waals surface area contributed by atoms with Gasteiger partial charge < -0.3 is 19.1 Å². The number of rotatable bonds is 4. The third-order valence-electron chi connectivity index (χ3n) is 3.23. The van der Waals surface area contributed by atoms with Crippen molar-refractivity contribution in [3.8, 4) is 11.4 Å². The van der Waals surface area contributed by atoms with Crippen LogP contribution >= 0.6 is 19.2 Å². The monoisotopic (exact) mass is 430 g/mol. The second-order valence-corrected chi connectivity index (χ2v) is 7.05. The summed E-state index contributed by atoms with van der Waals surface area (Å²) in [7, 11) is -4.42. The quantitative estimate of drug-likeness (QED) is 0.518. The maximum absolute atomic E-state index is 14.2. The van der Waals surface area contributed by atoms with Crippen molar-refractivity contribution in [2.75, 3.05) is 6.35 Å². The lowest BCUT2D eigenvalue weighted by molar-refractivity contribution is -0.316. The highest BCUT2D eigenvalue weighted by Crippen LogP contribution is 2.32. The summed E-state index contributed by atoms with van der Waals surface area (Å²) in [6.07, 6.45) is -6.37. The third kappa shape index (κ3) is 4.59. The minimum atomic E-state index is -5.14. The van der Waals surface area contributed by atoms with Crippen LogP contribution in [0.5, 0.6) is 5.75 Å². The molecule has 27 heavy (non-hydrogen) atoms. The van der Waals surface area contributed by atoms with Crippen LogP contribution in [0.15, 0.2) is 27.8 Å². The van der Waals surface area contributed by atoms with Crippen LogP contribution in [0.4, 0.5) is 17.6 Å². The summed E-state index contributed by atoms with van der Waals surface area (Å²) in [5, 5.41) is -0.499. The summed E-state index contributed by atoms with van der Waals surface area (Å²) < 4.78 is 68.1. The number of aromatic nitrogens is 2. The molecule has 8 nitrogen and oxygen atoms in total. The fraction of sp³-hybridized carbons (Fsp3) is 0.231.